The molecule has 2 aliphatic rings. The Labute approximate surface area is 170 Å². The molecule has 2 N–H and O–H groups in total. The zero-order chi connectivity index (χ0) is 19.7. The molecule has 7 heteroatoms. The van der Waals surface area contributed by atoms with Crippen molar-refractivity contribution in [3.63, 3.8) is 0 Å². The average Bonchev–Trinajstić information content (AvgIpc) is 3.14. The van der Waals surface area contributed by atoms with E-state index in [1.807, 2.05) is 24.3 Å². The van der Waals surface area contributed by atoms with Crippen LogP contribution in [-0.4, -0.2) is 5.78 Å². The zero-order valence-electron chi connectivity index (χ0n) is 14.9. The zero-order valence-corrected chi connectivity index (χ0v) is 16.5. The highest BCUT2D eigenvalue weighted by Gasteiger charge is 2.39. The minimum absolute atomic E-state index is 0.0317. The van der Waals surface area contributed by atoms with Crippen molar-refractivity contribution in [3.05, 3.63) is 75.2 Å². The van der Waals surface area contributed by atoms with Gasteiger partial charge in [0, 0.05) is 22.9 Å². The molecule has 4 rings (SSSR count). The largest absolute Gasteiger partial charge is 0.486 e. The van der Waals surface area contributed by atoms with Crippen molar-refractivity contribution >= 4 is 21.7 Å². The number of hydrogen-bond donors (Lipinski definition) is 1. The topological polar surface area (TPSA) is 98.5 Å². The summed E-state index contributed by atoms with van der Waals surface area (Å²) in [5.74, 6) is 1.68. The Morgan fingerprint density at radius 2 is 2.14 bits per heavy atom. The lowest BCUT2D eigenvalue weighted by Gasteiger charge is -2.29. The summed E-state index contributed by atoms with van der Waals surface area (Å²) >= 11 is 3.40. The molecule has 0 bridgehead atoms. The van der Waals surface area contributed by atoms with Crippen molar-refractivity contribution in [2.24, 2.45) is 5.73 Å². The lowest BCUT2D eigenvalue weighted by atomic mass is 9.80. The first-order valence-corrected chi connectivity index (χ1v) is 9.67. The van der Waals surface area contributed by atoms with E-state index in [1.165, 1.54) is 0 Å². The Hall–Kier alpha value is -2.98. The van der Waals surface area contributed by atoms with Crippen molar-refractivity contribution in [3.8, 4) is 11.8 Å². The van der Waals surface area contributed by atoms with E-state index in [-0.39, 0.29) is 23.8 Å². The average molecular weight is 441 g/mol. The Morgan fingerprint density at radius 3 is 2.93 bits per heavy atom. The molecule has 28 heavy (non-hydrogen) atoms. The number of benzene rings is 1. The molecule has 2 aromatic rings. The first kappa shape index (κ1) is 18.4. The minimum Gasteiger partial charge on any atom is -0.486 e. The second-order valence-electron chi connectivity index (χ2n) is 6.59. The normalized spacial score (nSPS) is 19.1. The van der Waals surface area contributed by atoms with Gasteiger partial charge in [-0.2, -0.15) is 5.26 Å². The highest BCUT2D eigenvalue weighted by Crippen LogP contribution is 2.43. The van der Waals surface area contributed by atoms with Crippen LogP contribution in [0.1, 0.15) is 36.7 Å². The predicted octanol–water partition coefficient (Wildman–Crippen LogP) is 4.44. The highest BCUT2D eigenvalue weighted by atomic mass is 79.9. The Morgan fingerprint density at radius 1 is 1.29 bits per heavy atom. The monoisotopic (exact) mass is 440 g/mol. The SMILES string of the molecule is N#CC1=C(N)OC2=C(C(=O)CCC2)[C@@H]1c1ccc(COc2cccc(Br)c2)o1. The summed E-state index contributed by atoms with van der Waals surface area (Å²) in [6.07, 6.45) is 1.76. The molecular weight excluding hydrogens is 424 g/mol. The lowest BCUT2D eigenvalue weighted by Crippen LogP contribution is -2.27. The van der Waals surface area contributed by atoms with E-state index in [1.54, 1.807) is 12.1 Å². The van der Waals surface area contributed by atoms with Gasteiger partial charge in [-0.1, -0.05) is 22.0 Å². The van der Waals surface area contributed by atoms with E-state index in [0.717, 1.165) is 4.47 Å². The number of nitriles is 1. The van der Waals surface area contributed by atoms with Gasteiger partial charge in [0.1, 0.15) is 41.3 Å². The second-order valence-corrected chi connectivity index (χ2v) is 7.50. The van der Waals surface area contributed by atoms with Gasteiger partial charge in [0.25, 0.3) is 0 Å². The maximum atomic E-state index is 12.5. The van der Waals surface area contributed by atoms with E-state index in [2.05, 4.69) is 22.0 Å². The van der Waals surface area contributed by atoms with E-state index in [4.69, 9.17) is 19.6 Å². The molecular formula is C21H17BrN2O4. The molecule has 1 atom stereocenters. The number of ether oxygens (including phenoxy) is 2. The van der Waals surface area contributed by atoms with Gasteiger partial charge in [0.05, 0.1) is 5.92 Å². The molecule has 0 amide bonds. The predicted molar refractivity (Wildman–Crippen MR) is 104 cm³/mol. The number of carbonyl (C=O) groups excluding carboxylic acids is 1. The molecule has 1 aliphatic heterocycles. The number of nitrogens with zero attached hydrogens (tertiary/aromatic N) is 1. The molecule has 1 aliphatic carbocycles. The lowest BCUT2D eigenvalue weighted by molar-refractivity contribution is -0.116. The van der Waals surface area contributed by atoms with Crippen LogP contribution < -0.4 is 10.5 Å². The summed E-state index contributed by atoms with van der Waals surface area (Å²) < 4.78 is 18.2. The van der Waals surface area contributed by atoms with Gasteiger partial charge in [-0.3, -0.25) is 4.79 Å². The first-order valence-electron chi connectivity index (χ1n) is 8.87. The number of furan rings is 1. The standard InChI is InChI=1S/C21H17BrN2O4/c22-12-3-1-4-13(9-12)26-11-14-7-8-18(27-14)19-15(10-23)21(24)28-17-6-2-5-16(25)20(17)19/h1,3-4,7-9,19H,2,5-6,11,24H2/t19-/m0/s1. The van der Waals surface area contributed by atoms with Gasteiger partial charge in [0.2, 0.25) is 5.88 Å². The molecule has 2 heterocycles. The number of halogens is 1. The number of nitrogens with two attached hydrogens (primary N) is 1. The Bertz CT molecular complexity index is 1040. The van der Waals surface area contributed by atoms with Crippen molar-refractivity contribution in [1.29, 1.82) is 5.26 Å². The van der Waals surface area contributed by atoms with Crippen LogP contribution in [-0.2, 0) is 16.1 Å². The smallest absolute Gasteiger partial charge is 0.205 e. The molecule has 6 nitrogen and oxygen atoms in total. The van der Waals surface area contributed by atoms with Gasteiger partial charge in [0.15, 0.2) is 5.78 Å². The molecule has 0 unspecified atom stereocenters. The van der Waals surface area contributed by atoms with Crippen LogP contribution >= 0.6 is 15.9 Å². The molecule has 0 spiro atoms. The van der Waals surface area contributed by atoms with Crippen LogP contribution in [0.5, 0.6) is 5.75 Å². The van der Waals surface area contributed by atoms with Crippen LogP contribution in [0.2, 0.25) is 0 Å². The number of ketones is 1. The Balaban J connectivity index is 1.62. The fourth-order valence-corrected chi connectivity index (χ4v) is 3.86. The number of rotatable bonds is 4. The third-order valence-electron chi connectivity index (χ3n) is 4.75. The minimum atomic E-state index is -0.638. The van der Waals surface area contributed by atoms with Gasteiger partial charge in [-0.05, 0) is 36.8 Å². The van der Waals surface area contributed by atoms with Gasteiger partial charge in [-0.15, -0.1) is 0 Å². The molecule has 1 aromatic heterocycles. The van der Waals surface area contributed by atoms with Crippen LogP contribution in [0.15, 0.2) is 68.1 Å². The summed E-state index contributed by atoms with van der Waals surface area (Å²) in [7, 11) is 0. The molecule has 0 fully saturated rings. The van der Waals surface area contributed by atoms with Crippen LogP contribution in [0, 0.1) is 11.3 Å². The van der Waals surface area contributed by atoms with Gasteiger partial charge < -0.3 is 19.6 Å². The number of Topliss-reactive ketones (excluding diaryl/α,β-unsaturated/α-hetero) is 1. The number of carbonyl (C=O) groups is 1. The van der Waals surface area contributed by atoms with Crippen LogP contribution in [0.25, 0.3) is 0 Å². The summed E-state index contributed by atoms with van der Waals surface area (Å²) in [6, 6.07) is 13.1. The number of hydrogen-bond acceptors (Lipinski definition) is 6. The molecule has 142 valence electrons. The third kappa shape index (κ3) is 3.43. The Kier molecular flexibility index (Phi) is 4.97. The van der Waals surface area contributed by atoms with Crippen molar-refractivity contribution in [1.82, 2.24) is 0 Å². The van der Waals surface area contributed by atoms with E-state index >= 15 is 0 Å². The fourth-order valence-electron chi connectivity index (χ4n) is 3.48. The fraction of sp³-hybridized carbons (Fsp3) is 0.238. The summed E-state index contributed by atoms with van der Waals surface area (Å²) in [4.78, 5) is 12.5. The van der Waals surface area contributed by atoms with Gasteiger partial charge in [-0.25, -0.2) is 0 Å². The van der Waals surface area contributed by atoms with E-state index in [9.17, 15) is 10.1 Å². The summed E-state index contributed by atoms with van der Waals surface area (Å²) in [5.41, 5.74) is 6.62. The number of allylic oxidation sites excluding steroid dienone is 3. The maximum Gasteiger partial charge on any atom is 0.205 e. The van der Waals surface area contributed by atoms with Crippen molar-refractivity contribution < 1.29 is 18.7 Å². The quantitative estimate of drug-likeness (QED) is 0.754. The van der Waals surface area contributed by atoms with Crippen molar-refractivity contribution in [2.45, 2.75) is 31.8 Å². The van der Waals surface area contributed by atoms with E-state index in [0.29, 0.717) is 47.9 Å². The molecule has 0 saturated carbocycles. The van der Waals surface area contributed by atoms with Gasteiger partial charge >= 0.3 is 0 Å². The third-order valence-corrected chi connectivity index (χ3v) is 5.24. The summed E-state index contributed by atoms with van der Waals surface area (Å²) in [6.45, 7) is 0.223. The van der Waals surface area contributed by atoms with Crippen LogP contribution in [0.4, 0.5) is 0 Å². The molecule has 1 aromatic carbocycles. The molecule has 0 radical (unpaired) electrons. The maximum absolute atomic E-state index is 12.5. The van der Waals surface area contributed by atoms with Crippen molar-refractivity contribution in [2.75, 3.05) is 0 Å². The molecule has 0 saturated heterocycles. The highest BCUT2D eigenvalue weighted by molar-refractivity contribution is 9.10. The van der Waals surface area contributed by atoms with Crippen LogP contribution in [0.3, 0.4) is 0 Å². The van der Waals surface area contributed by atoms with E-state index < -0.39 is 5.92 Å². The second kappa shape index (κ2) is 7.56. The summed E-state index contributed by atoms with van der Waals surface area (Å²) in [5, 5.41) is 9.58. The first-order chi connectivity index (χ1) is 13.6.